The smallest absolute Gasteiger partial charge is 0.395 e. The number of rotatable bonds is 1. The molecule has 92 valence electrons. The van der Waals surface area contributed by atoms with Crippen molar-refractivity contribution in [3.63, 3.8) is 0 Å². The van der Waals surface area contributed by atoms with Gasteiger partial charge in [-0.25, -0.2) is 4.98 Å². The zero-order valence-electron chi connectivity index (χ0n) is 9.81. The third-order valence-corrected chi connectivity index (χ3v) is 3.97. The molecular weight excluding hydrogens is 260 g/mol. The van der Waals surface area contributed by atoms with Crippen LogP contribution in [0.15, 0.2) is 22.7 Å². The minimum Gasteiger partial charge on any atom is -0.453 e. The predicted octanol–water partition coefficient (Wildman–Crippen LogP) is 3.24. The Morgan fingerprint density at radius 2 is 2.24 bits per heavy atom. The Labute approximate surface area is 110 Å². The van der Waals surface area contributed by atoms with Crippen molar-refractivity contribution in [2.75, 3.05) is 7.11 Å². The molecule has 1 atom stereocenters. The van der Waals surface area contributed by atoms with Gasteiger partial charge in [0.05, 0.1) is 12.4 Å². The van der Waals surface area contributed by atoms with E-state index >= 15 is 0 Å². The van der Waals surface area contributed by atoms with E-state index in [9.17, 15) is 0 Å². The Hall–Kier alpha value is -0.940. The van der Waals surface area contributed by atoms with Crippen LogP contribution in [-0.2, 0) is 9.47 Å². The number of hydrogen-bond donors (Lipinski definition) is 0. The first-order chi connectivity index (χ1) is 8.03. The van der Waals surface area contributed by atoms with Gasteiger partial charge in [0, 0.05) is 6.20 Å². The highest BCUT2D eigenvalue weighted by Crippen LogP contribution is 2.44. The van der Waals surface area contributed by atoms with E-state index in [-0.39, 0.29) is 5.25 Å². The van der Waals surface area contributed by atoms with Crippen LogP contribution in [0.4, 0.5) is 0 Å². The van der Waals surface area contributed by atoms with Crippen molar-refractivity contribution in [1.29, 1.82) is 0 Å². The van der Waals surface area contributed by atoms with Crippen LogP contribution >= 0.6 is 23.5 Å². The lowest BCUT2D eigenvalue weighted by atomic mass is 9.99. The molecule has 0 fully saturated rings. The predicted molar refractivity (Wildman–Crippen MR) is 69.2 cm³/mol. The Morgan fingerprint density at radius 1 is 1.47 bits per heavy atom. The fraction of sp³-hybridized carbons (Fsp3) is 0.455. The largest absolute Gasteiger partial charge is 0.453 e. The van der Waals surface area contributed by atoms with Gasteiger partial charge in [-0.15, -0.1) is 4.40 Å². The molecule has 2 rings (SSSR count). The SMILES string of the molecule is COC1=NSC(c2ccc(Cl)nc2)C(C)(C)O1. The van der Waals surface area contributed by atoms with E-state index in [1.165, 1.54) is 11.9 Å². The van der Waals surface area contributed by atoms with Gasteiger partial charge >= 0.3 is 6.08 Å². The Balaban J connectivity index is 2.27. The summed E-state index contributed by atoms with van der Waals surface area (Å²) < 4.78 is 14.8. The van der Waals surface area contributed by atoms with Crippen LogP contribution in [0.5, 0.6) is 0 Å². The molecule has 17 heavy (non-hydrogen) atoms. The van der Waals surface area contributed by atoms with E-state index in [1.807, 2.05) is 19.9 Å². The molecule has 4 nitrogen and oxygen atoms in total. The van der Waals surface area contributed by atoms with Gasteiger partial charge in [-0.05, 0) is 37.4 Å². The van der Waals surface area contributed by atoms with Gasteiger partial charge in [-0.1, -0.05) is 17.7 Å². The fourth-order valence-corrected chi connectivity index (χ4v) is 2.58. The summed E-state index contributed by atoms with van der Waals surface area (Å²) in [4.78, 5) is 4.08. The van der Waals surface area contributed by atoms with Crippen LogP contribution in [0.3, 0.4) is 0 Å². The third-order valence-electron chi connectivity index (χ3n) is 2.44. The molecular formula is C11H13ClN2O2S. The molecule has 0 aliphatic carbocycles. The standard InChI is InChI=1S/C11H13ClN2O2S/c1-11(2)9(17-14-10(15-3)16-11)7-4-5-8(12)13-6-7/h4-6,9H,1-3H3. The molecule has 1 aliphatic heterocycles. The van der Waals surface area contributed by atoms with E-state index in [0.717, 1.165) is 5.56 Å². The molecule has 0 spiro atoms. The highest BCUT2D eigenvalue weighted by atomic mass is 35.5. The maximum absolute atomic E-state index is 5.77. The Bertz CT molecular complexity index is 434. The van der Waals surface area contributed by atoms with Gasteiger partial charge in [-0.3, -0.25) is 0 Å². The molecule has 1 aromatic heterocycles. The monoisotopic (exact) mass is 272 g/mol. The fourth-order valence-electron chi connectivity index (χ4n) is 1.60. The second-order valence-corrected chi connectivity index (χ2v) is 5.42. The summed E-state index contributed by atoms with van der Waals surface area (Å²) >= 11 is 7.19. The zero-order valence-corrected chi connectivity index (χ0v) is 11.4. The van der Waals surface area contributed by atoms with E-state index in [1.54, 1.807) is 19.4 Å². The topological polar surface area (TPSA) is 43.7 Å². The summed E-state index contributed by atoms with van der Waals surface area (Å²) in [6.07, 6.45) is 2.05. The maximum Gasteiger partial charge on any atom is 0.395 e. The van der Waals surface area contributed by atoms with Crippen molar-refractivity contribution in [3.8, 4) is 0 Å². The van der Waals surface area contributed by atoms with Gasteiger partial charge in [0.15, 0.2) is 0 Å². The maximum atomic E-state index is 5.77. The summed E-state index contributed by atoms with van der Waals surface area (Å²) in [5, 5.41) is 0.542. The van der Waals surface area contributed by atoms with Crippen molar-refractivity contribution in [3.05, 3.63) is 29.0 Å². The number of halogens is 1. The average molecular weight is 273 g/mol. The molecule has 0 N–H and O–H groups in total. The molecule has 6 heteroatoms. The van der Waals surface area contributed by atoms with Gasteiger partial charge in [0.1, 0.15) is 10.8 Å². The van der Waals surface area contributed by atoms with E-state index in [2.05, 4.69) is 9.38 Å². The minimum atomic E-state index is -0.409. The summed E-state index contributed by atoms with van der Waals surface area (Å²) in [5.41, 5.74) is 0.621. The van der Waals surface area contributed by atoms with Crippen molar-refractivity contribution in [2.24, 2.45) is 4.40 Å². The average Bonchev–Trinajstić information content (AvgIpc) is 2.29. The number of methoxy groups -OCH3 is 1. The van der Waals surface area contributed by atoms with Crippen LogP contribution in [0.25, 0.3) is 0 Å². The quantitative estimate of drug-likeness (QED) is 0.581. The van der Waals surface area contributed by atoms with Gasteiger partial charge in [-0.2, -0.15) is 0 Å². The van der Waals surface area contributed by atoms with E-state index in [0.29, 0.717) is 11.2 Å². The summed E-state index contributed by atoms with van der Waals surface area (Å²) in [5.74, 6) is 0. The van der Waals surface area contributed by atoms with E-state index in [4.69, 9.17) is 21.1 Å². The van der Waals surface area contributed by atoms with Crippen LogP contribution in [-0.4, -0.2) is 23.8 Å². The molecule has 1 aromatic rings. The molecule has 0 radical (unpaired) electrons. The first kappa shape index (κ1) is 12.5. The minimum absolute atomic E-state index is 0.0613. The second-order valence-electron chi connectivity index (χ2n) is 4.17. The van der Waals surface area contributed by atoms with Crippen molar-refractivity contribution in [2.45, 2.75) is 24.7 Å². The lowest BCUT2D eigenvalue weighted by Gasteiger charge is -2.35. The molecule has 0 bridgehead atoms. The second kappa shape index (κ2) is 4.74. The van der Waals surface area contributed by atoms with Crippen LogP contribution in [0.1, 0.15) is 24.7 Å². The normalized spacial score (nSPS) is 22.6. The Morgan fingerprint density at radius 3 is 2.76 bits per heavy atom. The van der Waals surface area contributed by atoms with Crippen LogP contribution in [0.2, 0.25) is 5.15 Å². The Kier molecular flexibility index (Phi) is 3.49. The van der Waals surface area contributed by atoms with Gasteiger partial charge in [0.25, 0.3) is 0 Å². The number of nitrogens with zero attached hydrogens (tertiary/aromatic N) is 2. The lowest BCUT2D eigenvalue weighted by Crippen LogP contribution is -2.36. The molecule has 2 heterocycles. The molecule has 0 amide bonds. The molecule has 1 aliphatic rings. The first-order valence-corrected chi connectivity index (χ1v) is 6.32. The van der Waals surface area contributed by atoms with Crippen molar-refractivity contribution in [1.82, 2.24) is 4.98 Å². The number of aromatic nitrogens is 1. The molecule has 1 unspecified atom stereocenters. The molecule has 0 saturated heterocycles. The zero-order chi connectivity index (χ0) is 12.5. The molecule has 0 aromatic carbocycles. The van der Waals surface area contributed by atoms with Gasteiger partial charge in [0.2, 0.25) is 0 Å². The van der Waals surface area contributed by atoms with Crippen molar-refractivity contribution >= 4 is 29.6 Å². The highest BCUT2D eigenvalue weighted by molar-refractivity contribution is 7.98. The lowest BCUT2D eigenvalue weighted by molar-refractivity contribution is 0.0477. The highest BCUT2D eigenvalue weighted by Gasteiger charge is 2.39. The number of pyridine rings is 1. The number of hydrogen-bond acceptors (Lipinski definition) is 5. The molecule has 0 saturated carbocycles. The summed E-state index contributed by atoms with van der Waals surface area (Å²) in [6, 6.07) is 3.70. The summed E-state index contributed by atoms with van der Waals surface area (Å²) in [6.45, 7) is 3.99. The third kappa shape index (κ3) is 2.66. The summed E-state index contributed by atoms with van der Waals surface area (Å²) in [7, 11) is 1.54. The van der Waals surface area contributed by atoms with Crippen LogP contribution < -0.4 is 0 Å². The van der Waals surface area contributed by atoms with Crippen molar-refractivity contribution < 1.29 is 9.47 Å². The van der Waals surface area contributed by atoms with Crippen LogP contribution in [0, 0.1) is 0 Å². The van der Waals surface area contributed by atoms with Gasteiger partial charge < -0.3 is 9.47 Å². The first-order valence-electron chi connectivity index (χ1n) is 5.11. The van der Waals surface area contributed by atoms with E-state index < -0.39 is 5.60 Å². The number of ether oxygens (including phenoxy) is 2.